The first-order valence-corrected chi connectivity index (χ1v) is 12.3. The van der Waals surface area contributed by atoms with Gasteiger partial charge in [0.25, 0.3) is 5.91 Å². The lowest BCUT2D eigenvalue weighted by Gasteiger charge is -2.10. The number of methoxy groups -OCH3 is 1. The third kappa shape index (κ3) is 4.02. The summed E-state index contributed by atoms with van der Waals surface area (Å²) in [4.78, 5) is 29.4. The number of rotatable bonds is 7. The topological polar surface area (TPSA) is 96.8 Å². The Labute approximate surface area is 219 Å². The van der Waals surface area contributed by atoms with Crippen LogP contribution in [0, 0.1) is 0 Å². The van der Waals surface area contributed by atoms with Crippen molar-refractivity contribution in [3.05, 3.63) is 103 Å². The van der Waals surface area contributed by atoms with E-state index in [1.165, 1.54) is 0 Å². The molecular weight excluding hydrogens is 478 g/mol. The molecule has 2 aromatic carbocycles. The second kappa shape index (κ2) is 9.74. The van der Waals surface area contributed by atoms with Crippen LogP contribution >= 0.6 is 0 Å². The maximum Gasteiger partial charge on any atom is 0.299 e. The molecule has 38 heavy (non-hydrogen) atoms. The van der Waals surface area contributed by atoms with Crippen LogP contribution in [-0.4, -0.2) is 45.7 Å². The van der Waals surface area contributed by atoms with Gasteiger partial charge in [0.05, 0.1) is 30.6 Å². The minimum Gasteiger partial charge on any atom is -0.497 e. The Morgan fingerprint density at radius 3 is 2.63 bits per heavy atom. The predicted molar refractivity (Wildman–Crippen MR) is 149 cm³/mol. The van der Waals surface area contributed by atoms with E-state index in [2.05, 4.69) is 20.0 Å². The van der Waals surface area contributed by atoms with Crippen LogP contribution in [0.1, 0.15) is 23.1 Å². The number of allylic oxidation sites excluding steroid dienone is 1. The summed E-state index contributed by atoms with van der Waals surface area (Å²) in [6.07, 6.45) is 7.33. The van der Waals surface area contributed by atoms with E-state index >= 15 is 0 Å². The van der Waals surface area contributed by atoms with Crippen LogP contribution in [0.4, 0.5) is 0 Å². The van der Waals surface area contributed by atoms with Crippen molar-refractivity contribution in [2.24, 2.45) is 9.98 Å². The maximum absolute atomic E-state index is 13.8. The number of aromatic nitrogens is 3. The molecule has 0 atom stereocenters. The average Bonchev–Trinajstić information content (AvgIpc) is 3.75. The summed E-state index contributed by atoms with van der Waals surface area (Å²) in [5.74, 6) is 1.00. The van der Waals surface area contributed by atoms with Gasteiger partial charge in [-0.1, -0.05) is 18.2 Å². The van der Waals surface area contributed by atoms with Crippen LogP contribution in [0.15, 0.2) is 101 Å². The van der Waals surface area contributed by atoms with Gasteiger partial charge in [-0.2, -0.15) is 4.99 Å². The minimum absolute atomic E-state index is 0.321. The fourth-order valence-electron chi connectivity index (χ4n) is 4.71. The smallest absolute Gasteiger partial charge is 0.299 e. The van der Waals surface area contributed by atoms with E-state index in [0.29, 0.717) is 35.3 Å². The number of nitrogens with zero attached hydrogens (tertiary/aromatic N) is 3. The van der Waals surface area contributed by atoms with Gasteiger partial charge in [0.2, 0.25) is 0 Å². The molecule has 188 valence electrons. The number of para-hydroxylation sites is 1. The molecule has 5 aromatic rings. The number of carbonyl (C=O) groups is 1. The van der Waals surface area contributed by atoms with Gasteiger partial charge >= 0.3 is 0 Å². The van der Waals surface area contributed by atoms with Gasteiger partial charge in [-0.25, -0.2) is 4.99 Å². The van der Waals surface area contributed by atoms with E-state index in [1.807, 2.05) is 96.7 Å². The van der Waals surface area contributed by atoms with Crippen LogP contribution in [0.25, 0.3) is 27.8 Å². The number of fused-ring (bicyclic) bond motifs is 1. The molecule has 8 heteroatoms. The third-order valence-corrected chi connectivity index (χ3v) is 6.37. The van der Waals surface area contributed by atoms with Crippen molar-refractivity contribution in [1.29, 1.82) is 0 Å². The Hall–Kier alpha value is -5.11. The molecule has 1 amide bonds. The number of hydrogen-bond acceptors (Lipinski definition) is 3. The Morgan fingerprint density at radius 1 is 1.00 bits per heavy atom. The highest BCUT2D eigenvalue weighted by atomic mass is 16.5. The normalized spacial score (nSPS) is 13.8. The Balaban J connectivity index is 1.46. The number of amides is 1. The maximum atomic E-state index is 13.8. The molecule has 0 bridgehead atoms. The molecule has 8 nitrogen and oxygen atoms in total. The van der Waals surface area contributed by atoms with E-state index in [9.17, 15) is 4.79 Å². The average molecular weight is 504 g/mol. The Morgan fingerprint density at radius 2 is 1.87 bits per heavy atom. The van der Waals surface area contributed by atoms with Crippen LogP contribution in [0.2, 0.25) is 0 Å². The fourth-order valence-corrected chi connectivity index (χ4v) is 4.71. The van der Waals surface area contributed by atoms with Gasteiger partial charge < -0.3 is 24.0 Å². The Bertz CT molecular complexity index is 1720. The summed E-state index contributed by atoms with van der Waals surface area (Å²) in [6.45, 7) is 2.28. The van der Waals surface area contributed by atoms with E-state index in [1.54, 1.807) is 13.2 Å². The number of aliphatic imine (C=N–C) groups is 2. The molecule has 6 rings (SSSR count). The number of aromatic amines is 2. The number of carbonyl (C=O) groups excluding carboxylic acids is 1. The van der Waals surface area contributed by atoms with E-state index in [-0.39, 0.29) is 0 Å². The van der Waals surface area contributed by atoms with Crippen molar-refractivity contribution in [3.8, 4) is 28.4 Å². The molecule has 0 fully saturated rings. The van der Waals surface area contributed by atoms with Crippen LogP contribution in [0.5, 0.6) is 11.5 Å². The van der Waals surface area contributed by atoms with Crippen molar-refractivity contribution < 1.29 is 14.3 Å². The highest BCUT2D eigenvalue weighted by Gasteiger charge is 2.26. The standard InChI is InChI=1S/C30H25N5O3/c1-3-38-29-22-18-20(37-2)11-13-25(22)35(19-8-5-4-6-9-19)28(29)30(36)34-26-14-12-24(33-26)27-21(15-17-32-27)23-10-7-16-31-23/h4-18,31-32H,3H2,1-2H3. The number of H-pyrrole nitrogens is 2. The predicted octanol–water partition coefficient (Wildman–Crippen LogP) is 5.96. The molecule has 2 N–H and O–H groups in total. The molecule has 0 saturated carbocycles. The molecule has 1 aliphatic rings. The molecule has 0 saturated heterocycles. The SMILES string of the molecule is CCOc1c(C(=O)N=C2C=CC(c3[nH]ccc3-c3ccc[nH]3)=N2)n(-c2ccccc2)c2ccc(OC)cc12. The van der Waals surface area contributed by atoms with E-state index in [4.69, 9.17) is 9.47 Å². The third-order valence-electron chi connectivity index (χ3n) is 6.37. The fraction of sp³-hybridized carbons (Fsp3) is 0.100. The summed E-state index contributed by atoms with van der Waals surface area (Å²) >= 11 is 0. The number of nitrogens with one attached hydrogen (secondary N) is 2. The van der Waals surface area contributed by atoms with Gasteiger partial charge in [-0.3, -0.25) is 4.79 Å². The second-order valence-corrected chi connectivity index (χ2v) is 8.62. The second-order valence-electron chi connectivity index (χ2n) is 8.62. The van der Waals surface area contributed by atoms with Crippen molar-refractivity contribution in [2.45, 2.75) is 6.92 Å². The molecule has 0 aliphatic carbocycles. The highest BCUT2D eigenvalue weighted by molar-refractivity contribution is 6.25. The molecule has 1 aliphatic heterocycles. The summed E-state index contributed by atoms with van der Waals surface area (Å²) < 4.78 is 13.4. The van der Waals surface area contributed by atoms with Crippen molar-refractivity contribution >= 4 is 28.4 Å². The summed E-state index contributed by atoms with van der Waals surface area (Å²) in [5.41, 5.74) is 5.48. The number of hydrogen-bond donors (Lipinski definition) is 2. The van der Waals surface area contributed by atoms with Gasteiger partial charge in [-0.05, 0) is 67.6 Å². The summed E-state index contributed by atoms with van der Waals surface area (Å²) in [5, 5.41) is 0.770. The highest BCUT2D eigenvalue weighted by Crippen LogP contribution is 2.38. The number of benzene rings is 2. The first kappa shape index (κ1) is 23.3. The first-order valence-electron chi connectivity index (χ1n) is 12.3. The van der Waals surface area contributed by atoms with Crippen molar-refractivity contribution in [2.75, 3.05) is 13.7 Å². The van der Waals surface area contributed by atoms with E-state index in [0.717, 1.165) is 33.5 Å². The van der Waals surface area contributed by atoms with Gasteiger partial charge in [0.1, 0.15) is 5.75 Å². The summed E-state index contributed by atoms with van der Waals surface area (Å²) in [6, 6.07) is 21.3. The lowest BCUT2D eigenvalue weighted by Crippen LogP contribution is -2.09. The quantitative estimate of drug-likeness (QED) is 0.287. The van der Waals surface area contributed by atoms with Gasteiger partial charge in [0, 0.05) is 34.7 Å². The Kier molecular flexibility index (Phi) is 5.97. The van der Waals surface area contributed by atoms with Gasteiger partial charge in [0.15, 0.2) is 17.3 Å². The zero-order valence-corrected chi connectivity index (χ0v) is 20.9. The molecule has 0 spiro atoms. The monoisotopic (exact) mass is 503 g/mol. The van der Waals surface area contributed by atoms with E-state index < -0.39 is 5.91 Å². The van der Waals surface area contributed by atoms with Gasteiger partial charge in [-0.15, -0.1) is 0 Å². The molecule has 0 unspecified atom stereocenters. The summed E-state index contributed by atoms with van der Waals surface area (Å²) in [7, 11) is 1.61. The number of ether oxygens (including phenoxy) is 2. The largest absolute Gasteiger partial charge is 0.497 e. The van der Waals surface area contributed by atoms with Crippen LogP contribution in [0.3, 0.4) is 0 Å². The lowest BCUT2D eigenvalue weighted by molar-refractivity contribution is 0.0993. The molecule has 0 radical (unpaired) electrons. The first-order chi connectivity index (χ1) is 18.7. The minimum atomic E-state index is -0.451. The zero-order chi connectivity index (χ0) is 26.1. The molecular formula is C30H25N5O3. The van der Waals surface area contributed by atoms with Crippen LogP contribution < -0.4 is 9.47 Å². The van der Waals surface area contributed by atoms with Crippen LogP contribution in [-0.2, 0) is 0 Å². The molecule has 3 aromatic heterocycles. The van der Waals surface area contributed by atoms with Crippen molar-refractivity contribution in [1.82, 2.24) is 14.5 Å². The lowest BCUT2D eigenvalue weighted by atomic mass is 10.1. The molecule has 4 heterocycles. The number of amidine groups is 1. The van der Waals surface area contributed by atoms with Crippen molar-refractivity contribution in [3.63, 3.8) is 0 Å². The zero-order valence-electron chi connectivity index (χ0n) is 20.9.